The summed E-state index contributed by atoms with van der Waals surface area (Å²) in [4.78, 5) is 39.7. The number of hydrogen-bond donors (Lipinski definition) is 2. The quantitative estimate of drug-likeness (QED) is 0.685. The van der Waals surface area contributed by atoms with Gasteiger partial charge in [-0.2, -0.15) is 0 Å². The highest BCUT2D eigenvalue weighted by Gasteiger charge is 2.49. The molecule has 0 aromatic rings. The van der Waals surface area contributed by atoms with Crippen molar-refractivity contribution in [3.05, 3.63) is 0 Å². The average molecular weight is 310 g/mol. The van der Waals surface area contributed by atoms with E-state index in [-0.39, 0.29) is 18.4 Å². The van der Waals surface area contributed by atoms with Crippen molar-refractivity contribution in [2.24, 2.45) is 5.92 Å². The Labute approximate surface area is 131 Å². The van der Waals surface area contributed by atoms with Crippen LogP contribution in [0.15, 0.2) is 0 Å². The third kappa shape index (κ3) is 2.95. The van der Waals surface area contributed by atoms with Gasteiger partial charge in [-0.15, -0.1) is 0 Å². The molecule has 2 fully saturated rings. The highest BCUT2D eigenvalue weighted by atomic mass is 16.2. The van der Waals surface area contributed by atoms with E-state index in [4.69, 9.17) is 0 Å². The van der Waals surface area contributed by atoms with Crippen LogP contribution in [0, 0.1) is 5.92 Å². The average Bonchev–Trinajstić information content (AvgIpc) is 3.06. The van der Waals surface area contributed by atoms with Crippen LogP contribution in [0.1, 0.15) is 33.1 Å². The molecule has 4 amide bonds. The van der Waals surface area contributed by atoms with Crippen LogP contribution in [0.3, 0.4) is 0 Å². The summed E-state index contributed by atoms with van der Waals surface area (Å²) in [5, 5.41) is 5.86. The molecule has 2 N–H and O–H groups in total. The van der Waals surface area contributed by atoms with E-state index in [1.165, 1.54) is 0 Å². The van der Waals surface area contributed by atoms with Gasteiger partial charge in [0.2, 0.25) is 5.91 Å². The van der Waals surface area contributed by atoms with E-state index in [2.05, 4.69) is 10.6 Å². The summed E-state index contributed by atoms with van der Waals surface area (Å²) in [6.07, 6.45) is 2.03. The van der Waals surface area contributed by atoms with Crippen molar-refractivity contribution in [1.29, 1.82) is 0 Å². The number of likely N-dealkylation sites (tertiary alicyclic amines) is 1. The molecule has 0 saturated carbocycles. The fraction of sp³-hybridized carbons (Fsp3) is 0.800. The van der Waals surface area contributed by atoms with Crippen molar-refractivity contribution in [1.82, 2.24) is 20.4 Å². The second-order valence-corrected chi connectivity index (χ2v) is 6.16. The summed E-state index contributed by atoms with van der Waals surface area (Å²) in [6, 6.07) is -0.451. The molecule has 2 aliphatic rings. The molecule has 0 bridgehead atoms. The Kier molecular flexibility index (Phi) is 5.05. The van der Waals surface area contributed by atoms with E-state index in [9.17, 15) is 14.4 Å². The SMILES string of the molecule is CCC1(CC)NC(=O)N(CC(=O)N2CCC(CNC)C2)C1=O. The molecule has 2 heterocycles. The molecular formula is C15H26N4O3. The zero-order valence-electron chi connectivity index (χ0n) is 13.6. The lowest BCUT2D eigenvalue weighted by Gasteiger charge is -2.24. The molecule has 22 heavy (non-hydrogen) atoms. The van der Waals surface area contributed by atoms with Gasteiger partial charge in [-0.25, -0.2) is 4.79 Å². The minimum absolute atomic E-state index is 0.148. The zero-order chi connectivity index (χ0) is 16.3. The van der Waals surface area contributed by atoms with Crippen LogP contribution in [0.2, 0.25) is 0 Å². The van der Waals surface area contributed by atoms with Crippen LogP contribution in [-0.4, -0.2) is 66.4 Å². The van der Waals surface area contributed by atoms with Gasteiger partial charge in [0.05, 0.1) is 0 Å². The number of imide groups is 1. The van der Waals surface area contributed by atoms with Crippen molar-refractivity contribution >= 4 is 17.8 Å². The fourth-order valence-electron chi connectivity index (χ4n) is 3.30. The number of carbonyl (C=O) groups excluding carboxylic acids is 3. The van der Waals surface area contributed by atoms with Gasteiger partial charge < -0.3 is 15.5 Å². The van der Waals surface area contributed by atoms with Gasteiger partial charge in [-0.1, -0.05) is 13.8 Å². The molecule has 2 rings (SSSR count). The summed E-state index contributed by atoms with van der Waals surface area (Å²) in [5.41, 5.74) is -0.836. The van der Waals surface area contributed by atoms with Gasteiger partial charge >= 0.3 is 6.03 Å². The van der Waals surface area contributed by atoms with Crippen LogP contribution < -0.4 is 10.6 Å². The summed E-state index contributed by atoms with van der Waals surface area (Å²) in [5.74, 6) is 0.0226. The van der Waals surface area contributed by atoms with Crippen LogP contribution in [0.5, 0.6) is 0 Å². The van der Waals surface area contributed by atoms with E-state index in [0.717, 1.165) is 17.9 Å². The van der Waals surface area contributed by atoms with Crippen molar-refractivity contribution in [2.45, 2.75) is 38.6 Å². The molecule has 2 saturated heterocycles. The van der Waals surface area contributed by atoms with Crippen LogP contribution in [0.4, 0.5) is 4.79 Å². The molecule has 7 heteroatoms. The number of hydrogen-bond acceptors (Lipinski definition) is 4. The van der Waals surface area contributed by atoms with Crippen molar-refractivity contribution in [2.75, 3.05) is 33.2 Å². The second kappa shape index (κ2) is 6.64. The first-order chi connectivity index (χ1) is 10.5. The molecular weight excluding hydrogens is 284 g/mol. The minimum Gasteiger partial charge on any atom is -0.341 e. The number of rotatable bonds is 6. The first-order valence-corrected chi connectivity index (χ1v) is 8.04. The van der Waals surface area contributed by atoms with Gasteiger partial charge in [-0.05, 0) is 38.8 Å². The third-order valence-electron chi connectivity index (χ3n) is 4.88. The van der Waals surface area contributed by atoms with Crippen molar-refractivity contribution in [3.8, 4) is 0 Å². The van der Waals surface area contributed by atoms with E-state index in [1.54, 1.807) is 4.90 Å². The minimum atomic E-state index is -0.836. The largest absolute Gasteiger partial charge is 0.341 e. The lowest BCUT2D eigenvalue weighted by molar-refractivity contribution is -0.138. The number of nitrogens with zero attached hydrogens (tertiary/aromatic N) is 2. The Bertz CT molecular complexity index is 462. The Morgan fingerprint density at radius 1 is 1.36 bits per heavy atom. The van der Waals surface area contributed by atoms with Crippen LogP contribution >= 0.6 is 0 Å². The molecule has 124 valence electrons. The van der Waals surface area contributed by atoms with E-state index in [1.807, 2.05) is 20.9 Å². The Morgan fingerprint density at radius 3 is 2.59 bits per heavy atom. The third-order valence-corrected chi connectivity index (χ3v) is 4.88. The molecule has 7 nitrogen and oxygen atoms in total. The Morgan fingerprint density at radius 2 is 2.05 bits per heavy atom. The normalized spacial score (nSPS) is 24.0. The maximum absolute atomic E-state index is 12.5. The van der Waals surface area contributed by atoms with E-state index < -0.39 is 11.6 Å². The number of urea groups is 1. The highest BCUT2D eigenvalue weighted by molar-refractivity contribution is 6.08. The molecule has 2 aliphatic heterocycles. The topological polar surface area (TPSA) is 81.8 Å². The zero-order valence-corrected chi connectivity index (χ0v) is 13.6. The molecule has 0 spiro atoms. The lowest BCUT2D eigenvalue weighted by Crippen LogP contribution is -2.47. The number of carbonyl (C=O) groups is 3. The molecule has 0 aromatic carbocycles. The fourth-order valence-corrected chi connectivity index (χ4v) is 3.30. The van der Waals surface area contributed by atoms with Crippen molar-refractivity contribution < 1.29 is 14.4 Å². The van der Waals surface area contributed by atoms with Crippen LogP contribution in [-0.2, 0) is 9.59 Å². The van der Waals surface area contributed by atoms with Gasteiger partial charge in [0.1, 0.15) is 12.1 Å². The summed E-state index contributed by atoms with van der Waals surface area (Å²) in [7, 11) is 1.90. The second-order valence-electron chi connectivity index (χ2n) is 6.16. The smallest absolute Gasteiger partial charge is 0.325 e. The predicted octanol–water partition coefficient (Wildman–Crippen LogP) is 0.165. The predicted molar refractivity (Wildman–Crippen MR) is 82.2 cm³/mol. The molecule has 1 unspecified atom stereocenters. The lowest BCUT2D eigenvalue weighted by atomic mass is 9.93. The monoisotopic (exact) mass is 310 g/mol. The van der Waals surface area contributed by atoms with Gasteiger partial charge in [-0.3, -0.25) is 14.5 Å². The van der Waals surface area contributed by atoms with Gasteiger partial charge in [0, 0.05) is 13.1 Å². The molecule has 0 radical (unpaired) electrons. The summed E-state index contributed by atoms with van der Waals surface area (Å²) in [6.45, 7) is 5.85. The number of nitrogens with one attached hydrogen (secondary N) is 2. The first kappa shape index (κ1) is 16.7. The summed E-state index contributed by atoms with van der Waals surface area (Å²) >= 11 is 0. The van der Waals surface area contributed by atoms with Gasteiger partial charge in [0.15, 0.2) is 0 Å². The Balaban J connectivity index is 1.97. The molecule has 0 aliphatic carbocycles. The highest BCUT2D eigenvalue weighted by Crippen LogP contribution is 2.25. The maximum Gasteiger partial charge on any atom is 0.325 e. The standard InChI is InChI=1S/C15H26N4O3/c1-4-15(5-2)13(21)19(14(22)17-15)10-12(20)18-7-6-11(9-18)8-16-3/h11,16H,4-10H2,1-3H3,(H,17,22). The van der Waals surface area contributed by atoms with E-state index >= 15 is 0 Å². The number of amides is 4. The molecule has 0 aromatic heterocycles. The van der Waals surface area contributed by atoms with Crippen LogP contribution in [0.25, 0.3) is 0 Å². The maximum atomic E-state index is 12.5. The summed E-state index contributed by atoms with van der Waals surface area (Å²) < 4.78 is 0. The van der Waals surface area contributed by atoms with E-state index in [0.29, 0.717) is 31.8 Å². The molecule has 1 atom stereocenters. The first-order valence-electron chi connectivity index (χ1n) is 8.04. The van der Waals surface area contributed by atoms with Gasteiger partial charge in [0.25, 0.3) is 5.91 Å². The van der Waals surface area contributed by atoms with Crippen molar-refractivity contribution in [3.63, 3.8) is 0 Å². The Hall–Kier alpha value is -1.63.